The largest absolute Gasteiger partial charge is 0.478 e. The molecule has 0 radical (unpaired) electrons. The number of hydrogen-bond donors (Lipinski definition) is 2. The highest BCUT2D eigenvalue weighted by molar-refractivity contribution is 5.90. The third-order valence-corrected chi connectivity index (χ3v) is 3.81. The molecule has 25 heavy (non-hydrogen) atoms. The van der Waals surface area contributed by atoms with Crippen molar-refractivity contribution < 1.29 is 14.6 Å². The second-order valence-corrected chi connectivity index (χ2v) is 5.81. The van der Waals surface area contributed by atoms with Crippen LogP contribution in [0.2, 0.25) is 0 Å². The van der Waals surface area contributed by atoms with Crippen molar-refractivity contribution in [1.82, 2.24) is 14.5 Å². The van der Waals surface area contributed by atoms with E-state index in [-0.39, 0.29) is 5.69 Å². The molecule has 3 N–H and O–H groups in total. The van der Waals surface area contributed by atoms with Crippen LogP contribution in [-0.4, -0.2) is 38.3 Å². The number of aromatic nitrogens is 3. The number of nitrogens with zero attached hydrogens (tertiary/aromatic N) is 3. The van der Waals surface area contributed by atoms with Crippen LogP contribution >= 0.6 is 0 Å². The van der Waals surface area contributed by atoms with Gasteiger partial charge in [-0.1, -0.05) is 18.2 Å². The summed E-state index contributed by atoms with van der Waals surface area (Å²) < 4.78 is 7.30. The molecule has 1 amide bonds. The van der Waals surface area contributed by atoms with E-state index in [2.05, 4.69) is 9.97 Å². The molecule has 2 heterocycles. The van der Waals surface area contributed by atoms with Gasteiger partial charge in [0.15, 0.2) is 0 Å². The van der Waals surface area contributed by atoms with Crippen molar-refractivity contribution >= 4 is 16.8 Å². The highest BCUT2D eigenvalue weighted by atomic mass is 16.5. The van der Waals surface area contributed by atoms with E-state index in [0.717, 1.165) is 10.9 Å². The average Bonchev–Trinajstić information content (AvgIpc) is 3.07. The summed E-state index contributed by atoms with van der Waals surface area (Å²) in [5, 5.41) is 11.1. The molecule has 0 saturated carbocycles. The summed E-state index contributed by atoms with van der Waals surface area (Å²) in [6, 6.07) is 11.7. The fourth-order valence-electron chi connectivity index (χ4n) is 2.55. The van der Waals surface area contributed by atoms with Crippen LogP contribution in [0, 0.1) is 0 Å². The number of carbonyl (C=O) groups is 1. The van der Waals surface area contributed by atoms with Gasteiger partial charge in [-0.15, -0.1) is 0 Å². The summed E-state index contributed by atoms with van der Waals surface area (Å²) in [4.78, 5) is 19.3. The molecule has 0 aliphatic heterocycles. The Hall–Kier alpha value is -2.93. The van der Waals surface area contributed by atoms with Crippen LogP contribution in [0.15, 0.2) is 48.9 Å². The number of carbonyl (C=O) groups excluding carboxylic acids is 1. The zero-order valence-corrected chi connectivity index (χ0v) is 13.7. The molecule has 0 unspecified atom stereocenters. The molecule has 0 bridgehead atoms. The van der Waals surface area contributed by atoms with Gasteiger partial charge in [0.1, 0.15) is 5.69 Å². The van der Waals surface area contributed by atoms with Gasteiger partial charge in [0.2, 0.25) is 5.88 Å². The molecule has 0 spiro atoms. The minimum absolute atomic E-state index is 0.193. The summed E-state index contributed by atoms with van der Waals surface area (Å²) >= 11 is 0. The standard InChI is InChI=1S/C18H20N4O3/c19-18(24)16-11-22(12-20-16)10-14(23)5-3-9-25-17-8-7-13-4-1-2-6-15(13)21-17/h1-2,4,6-8,11-12,14,23H,3,5,9-10H2,(H2,19,24)/t14-/m0/s1. The third kappa shape index (κ3) is 4.54. The number of amides is 1. The van der Waals surface area contributed by atoms with Gasteiger partial charge in [-0.3, -0.25) is 4.79 Å². The van der Waals surface area contributed by atoms with Crippen molar-refractivity contribution in [2.75, 3.05) is 6.61 Å². The second kappa shape index (κ2) is 7.76. The van der Waals surface area contributed by atoms with Crippen molar-refractivity contribution in [3.8, 4) is 5.88 Å². The van der Waals surface area contributed by atoms with E-state index in [1.165, 1.54) is 12.5 Å². The first-order chi connectivity index (χ1) is 12.1. The number of para-hydroxylation sites is 1. The number of benzene rings is 1. The quantitative estimate of drug-likeness (QED) is 0.608. The van der Waals surface area contributed by atoms with Gasteiger partial charge in [0, 0.05) is 24.2 Å². The molecule has 3 rings (SSSR count). The minimum atomic E-state index is -0.579. The first-order valence-corrected chi connectivity index (χ1v) is 8.10. The number of aliphatic hydroxyl groups is 1. The third-order valence-electron chi connectivity index (χ3n) is 3.81. The number of aliphatic hydroxyl groups excluding tert-OH is 1. The Morgan fingerprint density at radius 2 is 2.12 bits per heavy atom. The Morgan fingerprint density at radius 1 is 1.28 bits per heavy atom. The summed E-state index contributed by atoms with van der Waals surface area (Å²) in [6.45, 7) is 0.827. The number of nitrogens with two attached hydrogens (primary N) is 1. The summed E-state index contributed by atoms with van der Waals surface area (Å²) in [5.74, 6) is -0.00146. The lowest BCUT2D eigenvalue weighted by Gasteiger charge is -2.11. The number of rotatable bonds is 8. The average molecular weight is 340 g/mol. The Balaban J connectivity index is 1.43. The van der Waals surface area contributed by atoms with E-state index >= 15 is 0 Å². The molecule has 0 aliphatic rings. The topological polar surface area (TPSA) is 103 Å². The summed E-state index contributed by atoms with van der Waals surface area (Å²) in [5.41, 5.74) is 6.23. The van der Waals surface area contributed by atoms with Crippen molar-refractivity contribution in [2.45, 2.75) is 25.5 Å². The normalized spacial score (nSPS) is 12.2. The number of primary amides is 1. The van der Waals surface area contributed by atoms with E-state index in [0.29, 0.717) is 31.9 Å². The fourth-order valence-corrected chi connectivity index (χ4v) is 2.55. The molecule has 0 fully saturated rings. The highest BCUT2D eigenvalue weighted by Crippen LogP contribution is 2.16. The molecule has 1 aromatic carbocycles. The minimum Gasteiger partial charge on any atom is -0.478 e. The molecule has 7 heteroatoms. The van der Waals surface area contributed by atoms with Gasteiger partial charge in [-0.25, -0.2) is 9.97 Å². The number of fused-ring (bicyclic) bond motifs is 1. The predicted octanol–water partition coefficient (Wildman–Crippen LogP) is 1.75. The van der Waals surface area contributed by atoms with Gasteiger partial charge in [0.25, 0.3) is 5.91 Å². The fraction of sp³-hybridized carbons (Fsp3) is 0.278. The van der Waals surface area contributed by atoms with Crippen LogP contribution < -0.4 is 10.5 Å². The zero-order chi connectivity index (χ0) is 17.6. The Kier molecular flexibility index (Phi) is 5.25. The van der Waals surface area contributed by atoms with Crippen LogP contribution in [0.3, 0.4) is 0 Å². The number of ether oxygens (including phenoxy) is 1. The van der Waals surface area contributed by atoms with E-state index < -0.39 is 12.0 Å². The predicted molar refractivity (Wildman–Crippen MR) is 93.2 cm³/mol. The molecule has 1 atom stereocenters. The van der Waals surface area contributed by atoms with E-state index in [4.69, 9.17) is 10.5 Å². The van der Waals surface area contributed by atoms with Crippen LogP contribution in [0.25, 0.3) is 10.9 Å². The number of hydrogen-bond acceptors (Lipinski definition) is 5. The molecule has 0 aliphatic carbocycles. The van der Waals surface area contributed by atoms with E-state index in [9.17, 15) is 9.90 Å². The SMILES string of the molecule is NC(=O)c1cn(C[C@@H](O)CCCOc2ccc3ccccc3n2)cn1. The first-order valence-electron chi connectivity index (χ1n) is 8.10. The van der Waals surface area contributed by atoms with Gasteiger partial charge in [0.05, 0.1) is 24.6 Å². The van der Waals surface area contributed by atoms with Crippen LogP contribution in [0.5, 0.6) is 5.88 Å². The first kappa shape index (κ1) is 16.9. The summed E-state index contributed by atoms with van der Waals surface area (Å²) in [7, 11) is 0. The second-order valence-electron chi connectivity index (χ2n) is 5.81. The molecule has 3 aromatic rings. The van der Waals surface area contributed by atoms with Gasteiger partial charge in [-0.05, 0) is 25.0 Å². The Bertz CT molecular complexity index is 862. The molecular weight excluding hydrogens is 320 g/mol. The van der Waals surface area contributed by atoms with Crippen LogP contribution in [-0.2, 0) is 6.54 Å². The van der Waals surface area contributed by atoms with Crippen LogP contribution in [0.4, 0.5) is 0 Å². The van der Waals surface area contributed by atoms with Crippen LogP contribution in [0.1, 0.15) is 23.3 Å². The zero-order valence-electron chi connectivity index (χ0n) is 13.7. The molecule has 2 aromatic heterocycles. The monoisotopic (exact) mass is 340 g/mol. The lowest BCUT2D eigenvalue weighted by molar-refractivity contribution is 0.0995. The van der Waals surface area contributed by atoms with Crippen molar-refractivity contribution in [3.63, 3.8) is 0 Å². The maximum absolute atomic E-state index is 11.0. The molecule has 7 nitrogen and oxygen atoms in total. The Labute approximate surface area is 145 Å². The lowest BCUT2D eigenvalue weighted by atomic mass is 10.2. The van der Waals surface area contributed by atoms with E-state index in [1.807, 2.05) is 36.4 Å². The van der Waals surface area contributed by atoms with E-state index in [1.54, 1.807) is 4.57 Å². The summed E-state index contributed by atoms with van der Waals surface area (Å²) in [6.07, 6.45) is 3.72. The van der Waals surface area contributed by atoms with Crippen molar-refractivity contribution in [1.29, 1.82) is 0 Å². The van der Waals surface area contributed by atoms with Gasteiger partial charge >= 0.3 is 0 Å². The smallest absolute Gasteiger partial charge is 0.268 e. The van der Waals surface area contributed by atoms with Gasteiger partial charge < -0.3 is 20.1 Å². The highest BCUT2D eigenvalue weighted by Gasteiger charge is 2.09. The molecule has 130 valence electrons. The maximum Gasteiger partial charge on any atom is 0.268 e. The maximum atomic E-state index is 11.0. The molecular formula is C18H20N4O3. The Morgan fingerprint density at radius 3 is 2.92 bits per heavy atom. The van der Waals surface area contributed by atoms with Crippen molar-refractivity contribution in [3.05, 3.63) is 54.6 Å². The number of imidazole rings is 1. The van der Waals surface area contributed by atoms with Crippen molar-refractivity contribution in [2.24, 2.45) is 5.73 Å². The molecule has 0 saturated heterocycles. The van der Waals surface area contributed by atoms with Gasteiger partial charge in [-0.2, -0.15) is 0 Å². The lowest BCUT2D eigenvalue weighted by Crippen LogP contribution is -2.16. The number of pyridine rings is 1.